The number of carbonyl (C=O) groups excluding carboxylic acids is 1. The van der Waals surface area contributed by atoms with Crippen LogP contribution in [-0.2, 0) is 16.6 Å². The number of halogens is 2. The zero-order valence-corrected chi connectivity index (χ0v) is 19.2. The lowest BCUT2D eigenvalue weighted by Gasteiger charge is -2.24. The van der Waals surface area contributed by atoms with Gasteiger partial charge < -0.3 is 5.32 Å². The Bertz CT molecular complexity index is 988. The van der Waals surface area contributed by atoms with Gasteiger partial charge in [0.25, 0.3) is 5.91 Å². The fourth-order valence-electron chi connectivity index (χ4n) is 3.72. The summed E-state index contributed by atoms with van der Waals surface area (Å²) in [5.74, 6) is 0.456. The molecule has 1 aliphatic rings. The topological polar surface area (TPSA) is 66.5 Å². The Morgan fingerprint density at radius 1 is 1.07 bits per heavy atom. The molecule has 0 saturated heterocycles. The third-order valence-electron chi connectivity index (χ3n) is 5.42. The van der Waals surface area contributed by atoms with Crippen LogP contribution in [0.1, 0.15) is 48.0 Å². The predicted octanol–water partition coefficient (Wildman–Crippen LogP) is 5.27. The SMILES string of the molecule is CS(=O)(=O)N(Cc1ccc(C(=O)NCC2CCCCC2)cc1)c1cccc(Cl)c1Cl. The van der Waals surface area contributed by atoms with Gasteiger partial charge in [0.2, 0.25) is 10.0 Å². The molecule has 0 atom stereocenters. The molecular formula is C22H26Cl2N2O3S. The molecule has 8 heteroatoms. The van der Waals surface area contributed by atoms with E-state index < -0.39 is 10.0 Å². The Morgan fingerprint density at radius 2 is 1.73 bits per heavy atom. The number of hydrogen-bond donors (Lipinski definition) is 1. The van der Waals surface area contributed by atoms with Crippen LogP contribution in [0.15, 0.2) is 42.5 Å². The lowest BCUT2D eigenvalue weighted by molar-refractivity contribution is 0.0943. The summed E-state index contributed by atoms with van der Waals surface area (Å²) in [5.41, 5.74) is 1.61. The molecule has 0 bridgehead atoms. The van der Waals surface area contributed by atoms with Crippen LogP contribution in [0.2, 0.25) is 10.0 Å². The molecule has 0 heterocycles. The molecule has 1 aliphatic carbocycles. The van der Waals surface area contributed by atoms with Crippen LogP contribution in [0.4, 0.5) is 5.69 Å². The quantitative estimate of drug-likeness (QED) is 0.601. The van der Waals surface area contributed by atoms with Crippen LogP contribution in [0.3, 0.4) is 0 Å². The third-order valence-corrected chi connectivity index (χ3v) is 7.35. The summed E-state index contributed by atoms with van der Waals surface area (Å²) in [6, 6.07) is 11.8. The van der Waals surface area contributed by atoms with Gasteiger partial charge in [-0.05, 0) is 48.6 Å². The molecule has 0 spiro atoms. The van der Waals surface area contributed by atoms with Crippen molar-refractivity contribution in [2.75, 3.05) is 17.1 Å². The molecule has 1 fully saturated rings. The van der Waals surface area contributed by atoms with Gasteiger partial charge in [-0.25, -0.2) is 8.42 Å². The summed E-state index contributed by atoms with van der Waals surface area (Å²) in [6.45, 7) is 0.790. The maximum absolute atomic E-state index is 12.4. The van der Waals surface area contributed by atoms with Crippen molar-refractivity contribution < 1.29 is 13.2 Å². The van der Waals surface area contributed by atoms with Crippen molar-refractivity contribution in [3.05, 3.63) is 63.6 Å². The normalized spacial score (nSPS) is 15.0. The molecule has 30 heavy (non-hydrogen) atoms. The molecule has 0 aromatic heterocycles. The van der Waals surface area contributed by atoms with Crippen molar-refractivity contribution >= 4 is 44.8 Å². The van der Waals surface area contributed by atoms with Crippen LogP contribution >= 0.6 is 23.2 Å². The smallest absolute Gasteiger partial charge is 0.251 e. The van der Waals surface area contributed by atoms with Gasteiger partial charge in [-0.2, -0.15) is 0 Å². The molecule has 0 radical (unpaired) electrons. The molecule has 2 aromatic carbocycles. The van der Waals surface area contributed by atoms with E-state index in [0.717, 1.165) is 11.8 Å². The lowest BCUT2D eigenvalue weighted by atomic mass is 9.89. The maximum atomic E-state index is 12.4. The molecular weight excluding hydrogens is 443 g/mol. The van der Waals surface area contributed by atoms with Gasteiger partial charge in [0.15, 0.2) is 0 Å². The molecule has 0 aliphatic heterocycles. The minimum atomic E-state index is -3.59. The van der Waals surface area contributed by atoms with Crippen molar-refractivity contribution in [1.82, 2.24) is 5.32 Å². The molecule has 3 rings (SSSR count). The highest BCUT2D eigenvalue weighted by molar-refractivity contribution is 7.92. The first kappa shape index (κ1) is 22.9. The van der Waals surface area contributed by atoms with E-state index >= 15 is 0 Å². The number of nitrogens with one attached hydrogen (secondary N) is 1. The molecule has 1 saturated carbocycles. The maximum Gasteiger partial charge on any atom is 0.251 e. The second kappa shape index (κ2) is 10.0. The van der Waals surface area contributed by atoms with Crippen molar-refractivity contribution in [2.24, 2.45) is 5.92 Å². The zero-order valence-electron chi connectivity index (χ0n) is 16.9. The van der Waals surface area contributed by atoms with Crippen LogP contribution in [-0.4, -0.2) is 27.1 Å². The number of sulfonamides is 1. The average molecular weight is 469 g/mol. The summed E-state index contributed by atoms with van der Waals surface area (Å²) in [7, 11) is -3.59. The fraction of sp³-hybridized carbons (Fsp3) is 0.409. The standard InChI is InChI=1S/C22H26Cl2N2O3S/c1-30(28,29)26(20-9-5-8-19(23)21(20)24)15-17-10-12-18(13-11-17)22(27)25-14-16-6-3-2-4-7-16/h5,8-13,16H,2-4,6-7,14-15H2,1H3,(H,25,27). The number of anilines is 1. The first-order chi connectivity index (χ1) is 14.3. The van der Waals surface area contributed by atoms with E-state index in [1.807, 2.05) is 0 Å². The number of benzene rings is 2. The fourth-order valence-corrected chi connectivity index (χ4v) is 5.06. The van der Waals surface area contributed by atoms with Crippen LogP contribution in [0, 0.1) is 5.92 Å². The first-order valence-corrected chi connectivity index (χ1v) is 12.6. The molecule has 0 unspecified atom stereocenters. The Morgan fingerprint density at radius 3 is 2.37 bits per heavy atom. The van der Waals surface area contributed by atoms with Gasteiger partial charge in [0.1, 0.15) is 0 Å². The van der Waals surface area contributed by atoms with E-state index in [-0.39, 0.29) is 22.5 Å². The Balaban J connectivity index is 1.69. The average Bonchev–Trinajstić information content (AvgIpc) is 2.73. The van der Waals surface area contributed by atoms with Crippen molar-refractivity contribution in [3.8, 4) is 0 Å². The van der Waals surface area contributed by atoms with Gasteiger partial charge in [-0.3, -0.25) is 9.10 Å². The van der Waals surface area contributed by atoms with E-state index in [2.05, 4.69) is 5.32 Å². The number of hydrogen-bond acceptors (Lipinski definition) is 3. The van der Waals surface area contributed by atoms with Crippen molar-refractivity contribution in [1.29, 1.82) is 0 Å². The number of carbonyl (C=O) groups is 1. The van der Waals surface area contributed by atoms with Crippen molar-refractivity contribution in [3.63, 3.8) is 0 Å². The second-order valence-corrected chi connectivity index (χ2v) is 10.4. The minimum Gasteiger partial charge on any atom is -0.352 e. The Kier molecular flexibility index (Phi) is 7.66. The lowest BCUT2D eigenvalue weighted by Crippen LogP contribution is -2.30. The highest BCUT2D eigenvalue weighted by atomic mass is 35.5. The monoisotopic (exact) mass is 468 g/mol. The largest absolute Gasteiger partial charge is 0.352 e. The highest BCUT2D eigenvalue weighted by Gasteiger charge is 2.22. The predicted molar refractivity (Wildman–Crippen MR) is 123 cm³/mol. The molecule has 5 nitrogen and oxygen atoms in total. The summed E-state index contributed by atoms with van der Waals surface area (Å²) in [6.07, 6.45) is 7.23. The van der Waals surface area contributed by atoms with Gasteiger partial charge in [0, 0.05) is 12.1 Å². The van der Waals surface area contributed by atoms with E-state index in [1.54, 1.807) is 42.5 Å². The van der Waals surface area contributed by atoms with E-state index in [0.29, 0.717) is 23.7 Å². The van der Waals surface area contributed by atoms with Gasteiger partial charge in [0.05, 0.1) is 28.5 Å². The zero-order chi connectivity index (χ0) is 21.7. The van der Waals surface area contributed by atoms with Crippen LogP contribution in [0.5, 0.6) is 0 Å². The van der Waals surface area contributed by atoms with Crippen LogP contribution in [0.25, 0.3) is 0 Å². The van der Waals surface area contributed by atoms with Crippen LogP contribution < -0.4 is 9.62 Å². The number of rotatable bonds is 7. The van der Waals surface area contributed by atoms with Crippen molar-refractivity contribution in [2.45, 2.75) is 38.6 Å². The molecule has 1 amide bonds. The third kappa shape index (κ3) is 5.90. The Labute approximate surface area is 188 Å². The van der Waals surface area contributed by atoms with Gasteiger partial charge in [-0.1, -0.05) is 60.7 Å². The van der Waals surface area contributed by atoms with E-state index in [9.17, 15) is 13.2 Å². The first-order valence-electron chi connectivity index (χ1n) is 10.0. The summed E-state index contributed by atoms with van der Waals surface area (Å²) in [5, 5.41) is 3.48. The second-order valence-electron chi connectivity index (χ2n) is 7.75. The van der Waals surface area contributed by atoms with Gasteiger partial charge >= 0.3 is 0 Å². The molecule has 162 valence electrons. The molecule has 1 N–H and O–H groups in total. The Hall–Kier alpha value is -1.76. The summed E-state index contributed by atoms with van der Waals surface area (Å²) < 4.78 is 25.9. The van der Waals surface area contributed by atoms with Gasteiger partial charge in [-0.15, -0.1) is 0 Å². The molecule has 2 aromatic rings. The highest BCUT2D eigenvalue weighted by Crippen LogP contribution is 2.34. The number of amides is 1. The minimum absolute atomic E-state index is 0.0862. The summed E-state index contributed by atoms with van der Waals surface area (Å²) in [4.78, 5) is 12.4. The number of nitrogens with zero attached hydrogens (tertiary/aromatic N) is 1. The van der Waals surface area contributed by atoms with E-state index in [4.69, 9.17) is 23.2 Å². The summed E-state index contributed by atoms with van der Waals surface area (Å²) >= 11 is 12.3. The van der Waals surface area contributed by atoms with E-state index in [1.165, 1.54) is 36.4 Å².